The van der Waals surface area contributed by atoms with E-state index in [0.29, 0.717) is 0 Å². The Morgan fingerprint density at radius 2 is 1.67 bits per heavy atom. The van der Waals surface area contributed by atoms with Gasteiger partial charge < -0.3 is 0 Å². The highest BCUT2D eigenvalue weighted by atomic mass is 14.2. The largest absolute Gasteiger partial charge is 0.0915 e. The number of allylic oxidation sites excluding steroid dienone is 5. The van der Waals surface area contributed by atoms with Gasteiger partial charge in [0.1, 0.15) is 0 Å². The van der Waals surface area contributed by atoms with E-state index in [9.17, 15) is 0 Å². The van der Waals surface area contributed by atoms with Crippen LogP contribution in [-0.4, -0.2) is 0 Å². The lowest BCUT2D eigenvalue weighted by molar-refractivity contribution is 0.512. The van der Waals surface area contributed by atoms with Crippen LogP contribution in [0.25, 0.3) is 0 Å². The lowest BCUT2D eigenvalue weighted by Gasteiger charge is -2.23. The maximum Gasteiger partial charge on any atom is -0.0129 e. The molecule has 0 bridgehead atoms. The molecule has 0 nitrogen and oxygen atoms in total. The Morgan fingerprint density at radius 1 is 1.17 bits per heavy atom. The highest BCUT2D eigenvalue weighted by molar-refractivity contribution is 5.40. The first-order valence-corrected chi connectivity index (χ1v) is 4.42. The van der Waals surface area contributed by atoms with Crippen LogP contribution in [0.2, 0.25) is 0 Å². The zero-order valence-corrected chi connectivity index (χ0v) is 8.94. The molecule has 0 heterocycles. The second-order valence-corrected chi connectivity index (χ2v) is 3.98. The molecule has 0 aromatic carbocycles. The fourth-order valence-corrected chi connectivity index (χ4v) is 1.39. The van der Waals surface area contributed by atoms with Crippen LogP contribution in [0.3, 0.4) is 0 Å². The molecule has 0 heteroatoms. The van der Waals surface area contributed by atoms with Gasteiger partial charge in [0.05, 0.1) is 0 Å². The van der Waals surface area contributed by atoms with Crippen LogP contribution in [-0.2, 0) is 0 Å². The van der Waals surface area contributed by atoms with Gasteiger partial charge >= 0.3 is 0 Å². The SMILES string of the molecule is C=C(/C=C\C)/C(=C\C)C(C)(C)C. The lowest BCUT2D eigenvalue weighted by atomic mass is 9.82. The van der Waals surface area contributed by atoms with Gasteiger partial charge in [0.15, 0.2) is 0 Å². The summed E-state index contributed by atoms with van der Waals surface area (Å²) < 4.78 is 0. The van der Waals surface area contributed by atoms with E-state index in [1.807, 2.05) is 13.0 Å². The Morgan fingerprint density at radius 3 is 1.92 bits per heavy atom. The van der Waals surface area contributed by atoms with Crippen LogP contribution in [0.15, 0.2) is 36.0 Å². The molecule has 12 heavy (non-hydrogen) atoms. The normalized spacial score (nSPS) is 13.9. The predicted octanol–water partition coefficient (Wildman–Crippen LogP) is 4.11. The van der Waals surface area contributed by atoms with Crippen molar-refractivity contribution < 1.29 is 0 Å². The van der Waals surface area contributed by atoms with E-state index < -0.39 is 0 Å². The molecule has 0 aliphatic heterocycles. The van der Waals surface area contributed by atoms with Gasteiger partial charge in [-0.2, -0.15) is 0 Å². The first-order chi connectivity index (χ1) is 5.43. The second kappa shape index (κ2) is 4.30. The molecule has 0 aromatic heterocycles. The minimum Gasteiger partial charge on any atom is -0.0915 e. The van der Waals surface area contributed by atoms with Gasteiger partial charge in [-0.3, -0.25) is 0 Å². The topological polar surface area (TPSA) is 0 Å². The van der Waals surface area contributed by atoms with Gasteiger partial charge in [0, 0.05) is 0 Å². The van der Waals surface area contributed by atoms with Crippen molar-refractivity contribution in [3.05, 3.63) is 36.0 Å². The Kier molecular flexibility index (Phi) is 4.02. The van der Waals surface area contributed by atoms with E-state index in [2.05, 4.69) is 46.4 Å². The third-order valence-electron chi connectivity index (χ3n) is 1.81. The maximum atomic E-state index is 4.03. The molecule has 0 atom stereocenters. The average Bonchev–Trinajstić information content (AvgIpc) is 1.85. The van der Waals surface area contributed by atoms with Crippen LogP contribution >= 0.6 is 0 Å². The van der Waals surface area contributed by atoms with E-state index in [4.69, 9.17) is 0 Å². The Labute approximate surface area is 76.7 Å². The van der Waals surface area contributed by atoms with Gasteiger partial charge in [-0.1, -0.05) is 45.6 Å². The molecule has 0 aromatic rings. The van der Waals surface area contributed by atoms with Crippen molar-refractivity contribution in [1.82, 2.24) is 0 Å². The van der Waals surface area contributed by atoms with Crippen molar-refractivity contribution in [2.45, 2.75) is 34.6 Å². The zero-order valence-electron chi connectivity index (χ0n) is 8.94. The van der Waals surface area contributed by atoms with E-state index >= 15 is 0 Å². The average molecular weight is 164 g/mol. The standard InChI is InChI=1S/C12H20/c1-7-9-10(3)11(8-2)12(4,5)6/h7-9H,3H2,1-2,4-6H3/b9-7-,11-8+. The molecule has 0 unspecified atom stereocenters. The molecule has 0 radical (unpaired) electrons. The summed E-state index contributed by atoms with van der Waals surface area (Å²) in [6.07, 6.45) is 6.22. The fraction of sp³-hybridized carbons (Fsp3) is 0.500. The summed E-state index contributed by atoms with van der Waals surface area (Å²) in [5.41, 5.74) is 2.64. The summed E-state index contributed by atoms with van der Waals surface area (Å²) >= 11 is 0. The van der Waals surface area contributed by atoms with Gasteiger partial charge in [-0.25, -0.2) is 0 Å². The third kappa shape index (κ3) is 3.08. The summed E-state index contributed by atoms with van der Waals surface area (Å²) in [4.78, 5) is 0. The fourth-order valence-electron chi connectivity index (χ4n) is 1.39. The molecule has 0 fully saturated rings. The van der Waals surface area contributed by atoms with Crippen LogP contribution in [0.4, 0.5) is 0 Å². The molecular weight excluding hydrogens is 144 g/mol. The van der Waals surface area contributed by atoms with Crippen molar-refractivity contribution >= 4 is 0 Å². The quantitative estimate of drug-likeness (QED) is 0.539. The maximum absolute atomic E-state index is 4.03. The van der Waals surface area contributed by atoms with Gasteiger partial charge in [0.25, 0.3) is 0 Å². The molecule has 0 saturated carbocycles. The molecule has 68 valence electrons. The number of rotatable bonds is 2. The summed E-state index contributed by atoms with van der Waals surface area (Å²) in [5, 5.41) is 0. The monoisotopic (exact) mass is 164 g/mol. The van der Waals surface area contributed by atoms with Crippen molar-refractivity contribution in [2.75, 3.05) is 0 Å². The first-order valence-electron chi connectivity index (χ1n) is 4.42. The summed E-state index contributed by atoms with van der Waals surface area (Å²) in [7, 11) is 0. The second-order valence-electron chi connectivity index (χ2n) is 3.98. The Hall–Kier alpha value is -0.780. The lowest BCUT2D eigenvalue weighted by Crippen LogP contribution is -2.10. The van der Waals surface area contributed by atoms with E-state index in [1.165, 1.54) is 5.57 Å². The molecule has 0 aliphatic carbocycles. The molecule has 0 amide bonds. The van der Waals surface area contributed by atoms with Crippen LogP contribution in [0.1, 0.15) is 34.6 Å². The minimum atomic E-state index is 0.200. The smallest absolute Gasteiger partial charge is 0.0129 e. The zero-order chi connectivity index (χ0) is 9.78. The molecular formula is C12H20. The predicted molar refractivity (Wildman–Crippen MR) is 57.2 cm³/mol. The van der Waals surface area contributed by atoms with E-state index in [0.717, 1.165) is 5.57 Å². The summed E-state index contributed by atoms with van der Waals surface area (Å²) in [5.74, 6) is 0. The first kappa shape index (κ1) is 11.2. The third-order valence-corrected chi connectivity index (χ3v) is 1.81. The Balaban J connectivity index is 4.72. The molecule has 0 saturated heterocycles. The van der Waals surface area contributed by atoms with E-state index in [1.54, 1.807) is 0 Å². The highest BCUT2D eigenvalue weighted by Crippen LogP contribution is 2.30. The van der Waals surface area contributed by atoms with Gasteiger partial charge in [-0.05, 0) is 30.4 Å². The molecule has 0 aliphatic rings. The van der Waals surface area contributed by atoms with Crippen LogP contribution < -0.4 is 0 Å². The van der Waals surface area contributed by atoms with Crippen molar-refractivity contribution in [3.8, 4) is 0 Å². The highest BCUT2D eigenvalue weighted by Gasteiger charge is 2.16. The van der Waals surface area contributed by atoms with Crippen LogP contribution in [0.5, 0.6) is 0 Å². The Bertz CT molecular complexity index is 209. The van der Waals surface area contributed by atoms with E-state index in [-0.39, 0.29) is 5.41 Å². The number of hydrogen-bond acceptors (Lipinski definition) is 0. The molecule has 0 rings (SSSR count). The van der Waals surface area contributed by atoms with Crippen LogP contribution in [0, 0.1) is 5.41 Å². The van der Waals surface area contributed by atoms with Crippen molar-refractivity contribution in [3.63, 3.8) is 0 Å². The van der Waals surface area contributed by atoms with Gasteiger partial charge in [-0.15, -0.1) is 0 Å². The van der Waals surface area contributed by atoms with Crippen molar-refractivity contribution in [2.24, 2.45) is 5.41 Å². The molecule has 0 spiro atoms. The van der Waals surface area contributed by atoms with Crippen molar-refractivity contribution in [1.29, 1.82) is 0 Å². The summed E-state index contributed by atoms with van der Waals surface area (Å²) in [6.45, 7) is 14.7. The van der Waals surface area contributed by atoms with Gasteiger partial charge in [0.2, 0.25) is 0 Å². The summed E-state index contributed by atoms with van der Waals surface area (Å²) in [6, 6.07) is 0. The minimum absolute atomic E-state index is 0.200. The molecule has 0 N–H and O–H groups in total. The number of hydrogen-bond donors (Lipinski definition) is 0.